The number of hydrazone groups is 1. The van der Waals surface area contributed by atoms with E-state index in [1.165, 1.54) is 4.68 Å². The van der Waals surface area contributed by atoms with Gasteiger partial charge in [0, 0.05) is 36.5 Å². The Balaban J connectivity index is 2.31. The lowest BCUT2D eigenvalue weighted by Crippen LogP contribution is -2.28. The second kappa shape index (κ2) is 10.1. The van der Waals surface area contributed by atoms with Gasteiger partial charge in [-0.1, -0.05) is 0 Å². The van der Waals surface area contributed by atoms with E-state index in [-0.39, 0.29) is 0 Å². The molecule has 0 radical (unpaired) electrons. The summed E-state index contributed by atoms with van der Waals surface area (Å²) in [6.07, 6.45) is 1.59. The van der Waals surface area contributed by atoms with Gasteiger partial charge in [-0.2, -0.15) is 5.10 Å². The minimum Gasteiger partial charge on any atom is -0.496 e. The van der Waals surface area contributed by atoms with Gasteiger partial charge in [0.05, 0.1) is 26.1 Å². The van der Waals surface area contributed by atoms with Crippen LogP contribution in [0.4, 0.5) is 11.6 Å². The molecular weight excluding hydrogens is 393 g/mol. The van der Waals surface area contributed by atoms with Crippen LogP contribution < -0.4 is 25.6 Å². The average Bonchev–Trinajstić information content (AvgIpc) is 2.99. The maximum Gasteiger partial charge on any atom is 0.263 e. The smallest absolute Gasteiger partial charge is 0.263 e. The fourth-order valence-corrected chi connectivity index (χ4v) is 2.82. The van der Waals surface area contributed by atoms with Crippen LogP contribution in [0, 0.1) is 6.92 Å². The Bertz CT molecular complexity index is 776. The molecule has 2 rings (SSSR count). The molecule has 0 saturated carbocycles. The number of alkyl halides is 2. The first-order chi connectivity index (χ1) is 13.0. The summed E-state index contributed by atoms with van der Waals surface area (Å²) in [5.74, 6) is 8.88. The fourth-order valence-electron chi connectivity index (χ4n) is 2.42. The Morgan fingerprint density at radius 2 is 1.85 bits per heavy atom. The van der Waals surface area contributed by atoms with Crippen molar-refractivity contribution in [2.24, 2.45) is 5.10 Å². The van der Waals surface area contributed by atoms with Gasteiger partial charge in [0.25, 0.3) is 5.95 Å². The Morgan fingerprint density at radius 1 is 1.19 bits per heavy atom. The second-order valence-electron chi connectivity index (χ2n) is 5.44. The van der Waals surface area contributed by atoms with Crippen molar-refractivity contribution in [3.8, 4) is 11.5 Å². The highest BCUT2D eigenvalue weighted by Gasteiger charge is 2.16. The molecular formula is C16H23Cl2N7O2. The summed E-state index contributed by atoms with van der Waals surface area (Å²) in [5.41, 5.74) is 4.30. The van der Waals surface area contributed by atoms with Crippen LogP contribution >= 0.6 is 23.2 Å². The van der Waals surface area contributed by atoms with Crippen LogP contribution in [0.1, 0.15) is 11.4 Å². The van der Waals surface area contributed by atoms with Gasteiger partial charge in [0.15, 0.2) is 5.82 Å². The van der Waals surface area contributed by atoms with Crippen LogP contribution in [-0.2, 0) is 0 Å². The molecule has 0 saturated heterocycles. The van der Waals surface area contributed by atoms with Crippen molar-refractivity contribution in [2.45, 2.75) is 6.92 Å². The van der Waals surface area contributed by atoms with Gasteiger partial charge in [-0.3, -0.25) is 0 Å². The predicted octanol–water partition coefficient (Wildman–Crippen LogP) is 2.05. The molecule has 0 aliphatic rings. The topological polar surface area (TPSA) is 103 Å². The Hall–Kier alpha value is -2.39. The van der Waals surface area contributed by atoms with Crippen LogP contribution in [0.5, 0.6) is 11.5 Å². The van der Waals surface area contributed by atoms with E-state index in [0.717, 1.165) is 5.69 Å². The van der Waals surface area contributed by atoms with Crippen molar-refractivity contribution in [1.29, 1.82) is 0 Å². The quantitative estimate of drug-likeness (QED) is 0.265. The van der Waals surface area contributed by atoms with Gasteiger partial charge in [0.2, 0.25) is 0 Å². The van der Waals surface area contributed by atoms with E-state index in [0.29, 0.717) is 53.7 Å². The molecule has 0 bridgehead atoms. The number of rotatable bonds is 10. The van der Waals surface area contributed by atoms with E-state index in [2.05, 4.69) is 20.7 Å². The summed E-state index contributed by atoms with van der Waals surface area (Å²) >= 11 is 11.8. The van der Waals surface area contributed by atoms with Crippen molar-refractivity contribution in [2.75, 3.05) is 55.2 Å². The molecule has 0 aliphatic carbocycles. The largest absolute Gasteiger partial charge is 0.496 e. The number of nitrogens with zero attached hydrogens (tertiary/aromatic N) is 5. The van der Waals surface area contributed by atoms with Crippen LogP contribution in [-0.4, -0.2) is 60.2 Å². The van der Waals surface area contributed by atoms with Gasteiger partial charge >= 0.3 is 0 Å². The fraction of sp³-hybridized carbons (Fsp3) is 0.438. The third kappa shape index (κ3) is 5.08. The number of nitrogens with two attached hydrogens (primary N) is 1. The number of ether oxygens (including phenoxy) is 2. The molecule has 0 fully saturated rings. The summed E-state index contributed by atoms with van der Waals surface area (Å²) < 4.78 is 12.3. The van der Waals surface area contributed by atoms with Gasteiger partial charge in [-0.05, 0) is 13.0 Å². The Morgan fingerprint density at radius 3 is 2.37 bits per heavy atom. The molecule has 148 valence electrons. The zero-order valence-corrected chi connectivity index (χ0v) is 17.0. The molecule has 1 aromatic heterocycles. The Kier molecular flexibility index (Phi) is 7.81. The number of aromatic nitrogens is 3. The molecule has 0 aliphatic heterocycles. The van der Waals surface area contributed by atoms with Crippen molar-refractivity contribution >= 4 is 41.1 Å². The number of benzene rings is 1. The average molecular weight is 416 g/mol. The summed E-state index contributed by atoms with van der Waals surface area (Å²) in [5, 5.41) is 11.9. The van der Waals surface area contributed by atoms with Gasteiger partial charge < -0.3 is 20.2 Å². The third-order valence-corrected chi connectivity index (χ3v) is 4.15. The maximum absolute atomic E-state index is 5.91. The highest BCUT2D eigenvalue weighted by molar-refractivity contribution is 6.18. The highest BCUT2D eigenvalue weighted by Crippen LogP contribution is 2.35. The monoisotopic (exact) mass is 415 g/mol. The minimum absolute atomic E-state index is 0.321. The number of nitrogens with one attached hydrogen (secondary N) is 1. The number of nitrogen functional groups attached to an aromatic ring is 1. The summed E-state index contributed by atoms with van der Waals surface area (Å²) in [7, 11) is 3.19. The van der Waals surface area contributed by atoms with Crippen LogP contribution in [0.2, 0.25) is 0 Å². The second-order valence-corrected chi connectivity index (χ2v) is 6.20. The van der Waals surface area contributed by atoms with Crippen molar-refractivity contribution < 1.29 is 9.47 Å². The molecule has 0 amide bonds. The normalized spacial score (nSPS) is 11.0. The Labute approximate surface area is 168 Å². The van der Waals surface area contributed by atoms with E-state index < -0.39 is 0 Å². The van der Waals surface area contributed by atoms with Gasteiger partial charge in [-0.25, -0.2) is 10.1 Å². The molecule has 11 heteroatoms. The molecule has 1 aromatic carbocycles. The lowest BCUT2D eigenvalue weighted by Gasteiger charge is -2.26. The number of methoxy groups -OCH3 is 2. The first-order valence-electron chi connectivity index (χ1n) is 8.14. The van der Waals surface area contributed by atoms with Crippen LogP contribution in [0.3, 0.4) is 0 Å². The molecule has 0 spiro atoms. The molecule has 9 nitrogen and oxygen atoms in total. The van der Waals surface area contributed by atoms with Crippen LogP contribution in [0.15, 0.2) is 17.2 Å². The third-order valence-electron chi connectivity index (χ3n) is 3.82. The number of anilines is 2. The number of halogens is 2. The first-order valence-corrected chi connectivity index (χ1v) is 9.21. The lowest BCUT2D eigenvalue weighted by molar-refractivity contribution is 0.402. The highest BCUT2D eigenvalue weighted by atomic mass is 35.5. The van der Waals surface area contributed by atoms with Crippen molar-refractivity contribution in [3.05, 3.63) is 23.5 Å². The minimum atomic E-state index is 0.321. The molecule has 0 unspecified atom stereocenters. The standard InChI is InChI=1S/C16H23Cl2N7O2/c1-11-21-23-16(25(11)19)22-20-10-12-8-15(27-3)13(9-14(12)26-2)24(6-4-17)7-5-18/h8-10H,4-7,19H2,1-3H3,(H,22,23)/b20-10-. The van der Waals surface area contributed by atoms with Gasteiger partial charge in [-0.15, -0.1) is 33.4 Å². The van der Waals surface area contributed by atoms with E-state index in [9.17, 15) is 0 Å². The lowest BCUT2D eigenvalue weighted by atomic mass is 10.1. The molecule has 1 heterocycles. The van der Waals surface area contributed by atoms with E-state index in [1.807, 2.05) is 17.0 Å². The zero-order valence-electron chi connectivity index (χ0n) is 15.4. The summed E-state index contributed by atoms with van der Waals surface area (Å²) in [4.78, 5) is 2.04. The first kappa shape index (κ1) is 20.9. The van der Waals surface area contributed by atoms with Gasteiger partial charge in [0.1, 0.15) is 11.5 Å². The van der Waals surface area contributed by atoms with Crippen molar-refractivity contribution in [3.63, 3.8) is 0 Å². The SMILES string of the molecule is COc1cc(N(CCCl)CCCl)c(OC)cc1/C=N\Nc1nnc(C)n1N. The summed E-state index contributed by atoms with van der Waals surface area (Å²) in [6.45, 7) is 3.00. The van der Waals surface area contributed by atoms with Crippen molar-refractivity contribution in [1.82, 2.24) is 14.9 Å². The van der Waals surface area contributed by atoms with E-state index in [4.69, 9.17) is 38.5 Å². The maximum atomic E-state index is 5.91. The number of aryl methyl sites for hydroxylation is 1. The molecule has 27 heavy (non-hydrogen) atoms. The summed E-state index contributed by atoms with van der Waals surface area (Å²) in [6, 6.07) is 3.70. The van der Waals surface area contributed by atoms with E-state index in [1.54, 1.807) is 27.4 Å². The zero-order chi connectivity index (χ0) is 19.8. The number of hydrogen-bond acceptors (Lipinski definition) is 8. The molecule has 0 atom stereocenters. The predicted molar refractivity (Wildman–Crippen MR) is 109 cm³/mol. The number of hydrogen-bond donors (Lipinski definition) is 2. The van der Waals surface area contributed by atoms with E-state index >= 15 is 0 Å². The molecule has 3 N–H and O–H groups in total. The van der Waals surface area contributed by atoms with Crippen LogP contribution in [0.25, 0.3) is 0 Å². The molecule has 2 aromatic rings.